The zero-order valence-electron chi connectivity index (χ0n) is 11.6. The molecule has 0 radical (unpaired) electrons. The van der Waals surface area contributed by atoms with Crippen LogP contribution < -0.4 is 10.6 Å². The van der Waals surface area contributed by atoms with Crippen molar-refractivity contribution in [2.24, 2.45) is 0 Å². The molecule has 0 saturated carbocycles. The van der Waals surface area contributed by atoms with Crippen molar-refractivity contribution in [1.29, 1.82) is 0 Å². The number of hydrogen-bond donors (Lipinski definition) is 2. The molecule has 0 bridgehead atoms. The molecule has 112 valence electrons. The van der Waals surface area contributed by atoms with Crippen LogP contribution >= 0.6 is 0 Å². The SMILES string of the molecule is C#CCNc1ncccc1C(=O)NCc1ccc(F)c(F)c1. The maximum Gasteiger partial charge on any atom is 0.255 e. The molecule has 0 aliphatic heterocycles. The molecule has 0 aliphatic carbocycles. The van der Waals surface area contributed by atoms with E-state index in [0.717, 1.165) is 12.1 Å². The van der Waals surface area contributed by atoms with Crippen LogP contribution in [0.2, 0.25) is 0 Å². The van der Waals surface area contributed by atoms with Gasteiger partial charge in [-0.3, -0.25) is 4.79 Å². The van der Waals surface area contributed by atoms with Crippen LogP contribution in [0.5, 0.6) is 0 Å². The number of anilines is 1. The lowest BCUT2D eigenvalue weighted by molar-refractivity contribution is 0.0951. The number of carbonyl (C=O) groups is 1. The molecule has 1 aromatic heterocycles. The van der Waals surface area contributed by atoms with Crippen molar-refractivity contribution in [3.8, 4) is 12.3 Å². The molecule has 2 aromatic rings. The first-order chi connectivity index (χ1) is 10.6. The molecule has 1 amide bonds. The molecule has 1 aromatic carbocycles. The van der Waals surface area contributed by atoms with Gasteiger partial charge in [0, 0.05) is 12.7 Å². The first kappa shape index (κ1) is 15.4. The number of nitrogens with zero attached hydrogens (tertiary/aromatic N) is 1. The van der Waals surface area contributed by atoms with E-state index in [0.29, 0.717) is 16.9 Å². The summed E-state index contributed by atoms with van der Waals surface area (Å²) in [7, 11) is 0. The zero-order chi connectivity index (χ0) is 15.9. The minimum atomic E-state index is -0.954. The molecule has 2 N–H and O–H groups in total. The summed E-state index contributed by atoms with van der Waals surface area (Å²) < 4.78 is 25.9. The molecular formula is C16H13F2N3O. The Labute approximate surface area is 126 Å². The number of hydrogen-bond acceptors (Lipinski definition) is 3. The minimum Gasteiger partial charge on any atom is -0.358 e. The van der Waals surface area contributed by atoms with E-state index in [2.05, 4.69) is 21.5 Å². The number of terminal acetylenes is 1. The third-order valence-corrected chi connectivity index (χ3v) is 2.85. The molecule has 0 saturated heterocycles. The minimum absolute atomic E-state index is 0.0690. The number of aromatic nitrogens is 1. The normalized spacial score (nSPS) is 9.86. The molecule has 0 atom stereocenters. The Kier molecular flexibility index (Phi) is 5.04. The Morgan fingerprint density at radius 3 is 2.82 bits per heavy atom. The van der Waals surface area contributed by atoms with Gasteiger partial charge in [0.1, 0.15) is 5.82 Å². The highest BCUT2D eigenvalue weighted by Gasteiger charge is 2.12. The number of nitrogens with one attached hydrogen (secondary N) is 2. The quantitative estimate of drug-likeness (QED) is 0.834. The molecule has 0 fully saturated rings. The summed E-state index contributed by atoms with van der Waals surface area (Å²) in [6, 6.07) is 6.66. The van der Waals surface area contributed by atoms with Crippen LogP contribution in [0.4, 0.5) is 14.6 Å². The van der Waals surface area contributed by atoms with Gasteiger partial charge in [-0.05, 0) is 29.8 Å². The fourth-order valence-corrected chi connectivity index (χ4v) is 1.79. The van der Waals surface area contributed by atoms with Crippen molar-refractivity contribution >= 4 is 11.7 Å². The summed E-state index contributed by atoms with van der Waals surface area (Å²) >= 11 is 0. The van der Waals surface area contributed by atoms with Crippen LogP contribution in [0.1, 0.15) is 15.9 Å². The smallest absolute Gasteiger partial charge is 0.255 e. The van der Waals surface area contributed by atoms with Crippen molar-refractivity contribution < 1.29 is 13.6 Å². The van der Waals surface area contributed by atoms with Gasteiger partial charge in [-0.2, -0.15) is 0 Å². The van der Waals surface area contributed by atoms with E-state index in [-0.39, 0.29) is 13.1 Å². The topological polar surface area (TPSA) is 54.0 Å². The van der Waals surface area contributed by atoms with Crippen LogP contribution in [0.3, 0.4) is 0 Å². The molecule has 0 unspecified atom stereocenters. The van der Waals surface area contributed by atoms with Crippen LogP contribution in [-0.4, -0.2) is 17.4 Å². The van der Waals surface area contributed by atoms with E-state index in [1.807, 2.05) is 0 Å². The standard InChI is InChI=1S/C16H13F2N3O/c1-2-7-19-15-12(4-3-8-20-15)16(22)21-10-11-5-6-13(17)14(18)9-11/h1,3-6,8-9H,7,10H2,(H,19,20)(H,21,22). The van der Waals surface area contributed by atoms with E-state index < -0.39 is 17.5 Å². The summed E-state index contributed by atoms with van der Waals surface area (Å²) in [5.74, 6) is 0.483. The number of pyridine rings is 1. The Bertz CT molecular complexity index is 726. The maximum atomic E-state index is 13.1. The van der Waals surface area contributed by atoms with E-state index in [1.54, 1.807) is 12.1 Å². The number of carbonyl (C=O) groups excluding carboxylic acids is 1. The van der Waals surface area contributed by atoms with Gasteiger partial charge < -0.3 is 10.6 Å². The van der Waals surface area contributed by atoms with Crippen molar-refractivity contribution in [2.45, 2.75) is 6.54 Å². The van der Waals surface area contributed by atoms with E-state index in [4.69, 9.17) is 6.42 Å². The lowest BCUT2D eigenvalue weighted by Crippen LogP contribution is -2.24. The van der Waals surface area contributed by atoms with E-state index in [1.165, 1.54) is 12.3 Å². The number of halogens is 2. The van der Waals surface area contributed by atoms with Crippen molar-refractivity contribution in [2.75, 3.05) is 11.9 Å². The predicted octanol–water partition coefficient (Wildman–Crippen LogP) is 2.33. The Morgan fingerprint density at radius 1 is 1.27 bits per heavy atom. The summed E-state index contributed by atoms with van der Waals surface area (Å²) in [5.41, 5.74) is 0.773. The van der Waals surface area contributed by atoms with Gasteiger partial charge in [-0.1, -0.05) is 12.0 Å². The van der Waals surface area contributed by atoms with Gasteiger partial charge >= 0.3 is 0 Å². The molecule has 0 spiro atoms. The first-order valence-electron chi connectivity index (χ1n) is 6.46. The van der Waals surface area contributed by atoms with Gasteiger partial charge in [-0.15, -0.1) is 6.42 Å². The third kappa shape index (κ3) is 3.79. The highest BCUT2D eigenvalue weighted by Crippen LogP contribution is 2.12. The molecular weight excluding hydrogens is 288 g/mol. The van der Waals surface area contributed by atoms with Gasteiger partial charge in [0.2, 0.25) is 0 Å². The summed E-state index contributed by atoms with van der Waals surface area (Å²) in [6.07, 6.45) is 6.69. The van der Waals surface area contributed by atoms with Gasteiger partial charge in [0.15, 0.2) is 11.6 Å². The number of amides is 1. The highest BCUT2D eigenvalue weighted by molar-refractivity contribution is 5.98. The Morgan fingerprint density at radius 2 is 2.09 bits per heavy atom. The predicted molar refractivity (Wildman–Crippen MR) is 79.1 cm³/mol. The van der Waals surface area contributed by atoms with Gasteiger partial charge in [-0.25, -0.2) is 13.8 Å². The van der Waals surface area contributed by atoms with Gasteiger partial charge in [0.05, 0.1) is 12.1 Å². The maximum absolute atomic E-state index is 13.1. The van der Waals surface area contributed by atoms with Crippen molar-refractivity contribution in [1.82, 2.24) is 10.3 Å². The fourth-order valence-electron chi connectivity index (χ4n) is 1.79. The van der Waals surface area contributed by atoms with Crippen molar-refractivity contribution in [3.05, 3.63) is 59.3 Å². The monoisotopic (exact) mass is 301 g/mol. The molecule has 22 heavy (non-hydrogen) atoms. The van der Waals surface area contributed by atoms with Crippen LogP contribution in [0.15, 0.2) is 36.5 Å². The fraction of sp³-hybridized carbons (Fsp3) is 0.125. The molecule has 4 nitrogen and oxygen atoms in total. The average molecular weight is 301 g/mol. The third-order valence-electron chi connectivity index (χ3n) is 2.85. The Hall–Kier alpha value is -2.94. The second-order valence-electron chi connectivity index (χ2n) is 4.39. The second kappa shape index (κ2) is 7.18. The first-order valence-corrected chi connectivity index (χ1v) is 6.46. The molecule has 2 rings (SSSR count). The summed E-state index contributed by atoms with van der Waals surface area (Å²) in [6.45, 7) is 0.306. The largest absolute Gasteiger partial charge is 0.358 e. The van der Waals surface area contributed by atoms with Crippen molar-refractivity contribution in [3.63, 3.8) is 0 Å². The molecule has 1 heterocycles. The second-order valence-corrected chi connectivity index (χ2v) is 4.39. The molecule has 6 heteroatoms. The van der Waals surface area contributed by atoms with E-state index >= 15 is 0 Å². The lowest BCUT2D eigenvalue weighted by Gasteiger charge is -2.10. The lowest BCUT2D eigenvalue weighted by atomic mass is 10.2. The Balaban J connectivity index is 2.06. The number of rotatable bonds is 5. The molecule has 0 aliphatic rings. The van der Waals surface area contributed by atoms with Crippen LogP contribution in [-0.2, 0) is 6.54 Å². The highest BCUT2D eigenvalue weighted by atomic mass is 19.2. The summed E-state index contributed by atoms with van der Waals surface area (Å²) in [4.78, 5) is 16.2. The van der Waals surface area contributed by atoms with Gasteiger partial charge in [0.25, 0.3) is 5.91 Å². The van der Waals surface area contributed by atoms with E-state index in [9.17, 15) is 13.6 Å². The summed E-state index contributed by atoms with van der Waals surface area (Å²) in [5, 5.41) is 5.46. The average Bonchev–Trinajstić information content (AvgIpc) is 2.54. The van der Waals surface area contributed by atoms with Crippen LogP contribution in [0, 0.1) is 24.0 Å². The van der Waals surface area contributed by atoms with Crippen LogP contribution in [0.25, 0.3) is 0 Å². The zero-order valence-corrected chi connectivity index (χ0v) is 11.6. The number of benzene rings is 1.